The maximum absolute atomic E-state index is 12.4. The highest BCUT2D eigenvalue weighted by molar-refractivity contribution is 6.31. The van der Waals surface area contributed by atoms with Gasteiger partial charge in [-0.2, -0.15) is 5.10 Å². The Kier molecular flexibility index (Phi) is 5.79. The van der Waals surface area contributed by atoms with Crippen molar-refractivity contribution in [2.75, 3.05) is 7.05 Å². The number of hydrogen-bond donors (Lipinski definition) is 0. The molecule has 0 aliphatic carbocycles. The Labute approximate surface area is 151 Å². The Morgan fingerprint density at radius 1 is 1.40 bits per heavy atom. The maximum atomic E-state index is 12.4. The topological polar surface area (TPSA) is 81.3 Å². The molecule has 0 aliphatic rings. The fourth-order valence-electron chi connectivity index (χ4n) is 2.74. The summed E-state index contributed by atoms with van der Waals surface area (Å²) in [6.45, 7) is 4.14. The molecule has 0 unspecified atom stereocenters. The lowest BCUT2D eigenvalue weighted by atomic mass is 10.1. The molecule has 2 rings (SSSR count). The lowest BCUT2D eigenvalue weighted by Gasteiger charge is -2.18. The number of hydrogen-bond acceptors (Lipinski definition) is 4. The van der Waals surface area contributed by atoms with Gasteiger partial charge in [0, 0.05) is 49.9 Å². The summed E-state index contributed by atoms with van der Waals surface area (Å²) in [6, 6.07) is 4.23. The molecule has 0 radical (unpaired) electrons. The number of amides is 1. The highest BCUT2D eigenvalue weighted by Gasteiger charge is 2.16. The van der Waals surface area contributed by atoms with Crippen molar-refractivity contribution in [1.29, 1.82) is 0 Å². The first-order chi connectivity index (χ1) is 11.7. The summed E-state index contributed by atoms with van der Waals surface area (Å²) >= 11 is 6.10. The van der Waals surface area contributed by atoms with Gasteiger partial charge in [0.25, 0.3) is 5.69 Å². The molecule has 0 atom stereocenters. The molecule has 7 nitrogen and oxygen atoms in total. The van der Waals surface area contributed by atoms with Gasteiger partial charge in [-0.1, -0.05) is 11.6 Å². The molecule has 8 heteroatoms. The lowest BCUT2D eigenvalue weighted by Crippen LogP contribution is -2.26. The zero-order valence-electron chi connectivity index (χ0n) is 14.7. The maximum Gasteiger partial charge on any atom is 0.269 e. The molecule has 0 saturated heterocycles. The van der Waals surface area contributed by atoms with Crippen LogP contribution in [-0.4, -0.2) is 32.6 Å². The molecule has 25 heavy (non-hydrogen) atoms. The quantitative estimate of drug-likeness (QED) is 0.582. The number of nitrogens with zero attached hydrogens (tertiary/aromatic N) is 4. The lowest BCUT2D eigenvalue weighted by molar-refractivity contribution is -0.384. The molecule has 1 amide bonds. The number of aromatic nitrogens is 2. The van der Waals surface area contributed by atoms with E-state index in [1.807, 2.05) is 25.6 Å². The molecule has 0 bridgehead atoms. The Bertz CT molecular complexity index is 816. The number of carbonyl (C=O) groups is 1. The summed E-state index contributed by atoms with van der Waals surface area (Å²) < 4.78 is 1.81. The Morgan fingerprint density at radius 3 is 2.64 bits per heavy atom. The SMILES string of the molecule is Cc1nn(C)c(C)c1CCC(=O)N(C)Cc1cc([N+](=O)[O-])ccc1Cl. The van der Waals surface area contributed by atoms with Crippen LogP contribution in [0.25, 0.3) is 0 Å². The first-order valence-electron chi connectivity index (χ1n) is 7.86. The normalized spacial score (nSPS) is 10.8. The van der Waals surface area contributed by atoms with Crippen molar-refractivity contribution in [2.24, 2.45) is 7.05 Å². The van der Waals surface area contributed by atoms with Gasteiger partial charge in [-0.05, 0) is 37.5 Å². The average molecular weight is 365 g/mol. The Balaban J connectivity index is 2.03. The number of halogens is 1. The predicted octanol–water partition coefficient (Wildman–Crippen LogP) is 3.19. The van der Waals surface area contributed by atoms with E-state index in [1.54, 1.807) is 7.05 Å². The van der Waals surface area contributed by atoms with Gasteiger partial charge in [0.1, 0.15) is 0 Å². The number of carbonyl (C=O) groups excluding carboxylic acids is 1. The minimum Gasteiger partial charge on any atom is -0.341 e. The fraction of sp³-hybridized carbons (Fsp3) is 0.412. The fourth-order valence-corrected chi connectivity index (χ4v) is 2.92. The zero-order valence-corrected chi connectivity index (χ0v) is 15.5. The van der Waals surface area contributed by atoms with E-state index >= 15 is 0 Å². The van der Waals surface area contributed by atoms with Gasteiger partial charge in [0.15, 0.2) is 0 Å². The van der Waals surface area contributed by atoms with Crippen LogP contribution in [0.15, 0.2) is 18.2 Å². The van der Waals surface area contributed by atoms with E-state index < -0.39 is 4.92 Å². The molecular formula is C17H21ClN4O3. The van der Waals surface area contributed by atoms with Crippen LogP contribution in [0.2, 0.25) is 5.02 Å². The number of aryl methyl sites for hydroxylation is 2. The molecule has 0 saturated carbocycles. The number of nitro groups is 1. The van der Waals surface area contributed by atoms with Crippen molar-refractivity contribution >= 4 is 23.2 Å². The second-order valence-electron chi connectivity index (χ2n) is 6.06. The largest absolute Gasteiger partial charge is 0.341 e. The van der Waals surface area contributed by atoms with Crippen LogP contribution in [0.4, 0.5) is 5.69 Å². The average Bonchev–Trinajstić information content (AvgIpc) is 2.79. The molecule has 0 spiro atoms. The number of non-ortho nitro benzene ring substituents is 1. The highest BCUT2D eigenvalue weighted by Crippen LogP contribution is 2.23. The van der Waals surface area contributed by atoms with Gasteiger partial charge in [0.2, 0.25) is 5.91 Å². The molecule has 1 aromatic heterocycles. The summed E-state index contributed by atoms with van der Waals surface area (Å²) in [6.07, 6.45) is 0.952. The molecule has 1 heterocycles. The van der Waals surface area contributed by atoms with E-state index in [2.05, 4.69) is 5.10 Å². The Morgan fingerprint density at radius 2 is 2.08 bits per heavy atom. The van der Waals surface area contributed by atoms with Crippen LogP contribution in [0.1, 0.15) is 28.9 Å². The monoisotopic (exact) mass is 364 g/mol. The van der Waals surface area contributed by atoms with Crippen LogP contribution >= 0.6 is 11.6 Å². The molecule has 0 aliphatic heterocycles. The molecule has 1 aromatic carbocycles. The molecular weight excluding hydrogens is 344 g/mol. The number of nitro benzene ring substituents is 1. The van der Waals surface area contributed by atoms with Crippen molar-refractivity contribution in [3.05, 3.63) is 55.9 Å². The summed E-state index contributed by atoms with van der Waals surface area (Å²) in [5, 5.41) is 15.6. The molecule has 0 N–H and O–H groups in total. The van der Waals surface area contributed by atoms with Gasteiger partial charge in [-0.15, -0.1) is 0 Å². The highest BCUT2D eigenvalue weighted by atomic mass is 35.5. The van der Waals surface area contributed by atoms with Crippen molar-refractivity contribution in [2.45, 2.75) is 33.2 Å². The standard InChI is InChI=1S/C17H21ClN4O3/c1-11-15(12(2)21(4)19-11)6-8-17(23)20(3)10-13-9-14(22(24)25)5-7-16(13)18/h5,7,9H,6,8,10H2,1-4H3. The summed E-state index contributed by atoms with van der Waals surface area (Å²) in [5.74, 6) is -0.0507. The van der Waals surface area contributed by atoms with Gasteiger partial charge >= 0.3 is 0 Å². The number of rotatable bonds is 6. The van der Waals surface area contributed by atoms with Gasteiger partial charge < -0.3 is 4.90 Å². The van der Waals surface area contributed by atoms with Gasteiger partial charge in [-0.25, -0.2) is 0 Å². The van der Waals surface area contributed by atoms with E-state index in [4.69, 9.17) is 11.6 Å². The zero-order chi connectivity index (χ0) is 18.7. The minimum absolute atomic E-state index is 0.0399. The van der Waals surface area contributed by atoms with Crippen LogP contribution in [0.5, 0.6) is 0 Å². The predicted molar refractivity (Wildman–Crippen MR) is 95.6 cm³/mol. The second-order valence-corrected chi connectivity index (χ2v) is 6.46. The third kappa shape index (κ3) is 4.36. The van der Waals surface area contributed by atoms with E-state index in [-0.39, 0.29) is 18.1 Å². The molecule has 0 fully saturated rings. The summed E-state index contributed by atoms with van der Waals surface area (Å²) in [7, 11) is 3.55. The smallest absolute Gasteiger partial charge is 0.269 e. The summed E-state index contributed by atoms with van der Waals surface area (Å²) in [4.78, 5) is 24.3. The first kappa shape index (κ1) is 18.9. The van der Waals surface area contributed by atoms with E-state index in [0.717, 1.165) is 17.0 Å². The van der Waals surface area contributed by atoms with Crippen LogP contribution in [0.3, 0.4) is 0 Å². The van der Waals surface area contributed by atoms with Gasteiger partial charge in [-0.3, -0.25) is 19.6 Å². The Hall–Kier alpha value is -2.41. The molecule has 134 valence electrons. The summed E-state index contributed by atoms with van der Waals surface area (Å²) in [5.41, 5.74) is 3.58. The van der Waals surface area contributed by atoms with E-state index in [9.17, 15) is 14.9 Å². The third-order valence-electron chi connectivity index (χ3n) is 4.32. The van der Waals surface area contributed by atoms with Crippen molar-refractivity contribution in [3.63, 3.8) is 0 Å². The van der Waals surface area contributed by atoms with E-state index in [0.29, 0.717) is 23.4 Å². The second kappa shape index (κ2) is 7.65. The van der Waals surface area contributed by atoms with Crippen molar-refractivity contribution in [3.8, 4) is 0 Å². The van der Waals surface area contributed by atoms with Crippen molar-refractivity contribution < 1.29 is 9.72 Å². The number of benzene rings is 1. The van der Waals surface area contributed by atoms with Crippen LogP contribution < -0.4 is 0 Å². The minimum atomic E-state index is -0.477. The molecule has 2 aromatic rings. The third-order valence-corrected chi connectivity index (χ3v) is 4.69. The first-order valence-corrected chi connectivity index (χ1v) is 8.24. The van der Waals surface area contributed by atoms with Crippen molar-refractivity contribution in [1.82, 2.24) is 14.7 Å². The van der Waals surface area contributed by atoms with E-state index in [1.165, 1.54) is 23.1 Å². The van der Waals surface area contributed by atoms with Gasteiger partial charge in [0.05, 0.1) is 10.6 Å². The van der Waals surface area contributed by atoms with Crippen LogP contribution in [0, 0.1) is 24.0 Å². The van der Waals surface area contributed by atoms with Crippen LogP contribution in [-0.2, 0) is 24.8 Å².